The van der Waals surface area contributed by atoms with Crippen LogP contribution in [0.15, 0.2) is 84.2 Å². The van der Waals surface area contributed by atoms with Gasteiger partial charge in [0.1, 0.15) is 30.0 Å². The first-order chi connectivity index (χ1) is 18.0. The van der Waals surface area contributed by atoms with Gasteiger partial charge in [0.2, 0.25) is 0 Å². The molecule has 1 aromatic heterocycles. The van der Waals surface area contributed by atoms with Crippen LogP contribution in [0.5, 0.6) is 5.75 Å². The Bertz CT molecular complexity index is 1340. The van der Waals surface area contributed by atoms with Crippen LogP contribution in [0.25, 0.3) is 0 Å². The molecule has 0 saturated carbocycles. The lowest BCUT2D eigenvalue weighted by Gasteiger charge is -2.20. The zero-order chi connectivity index (χ0) is 26.0. The second-order valence-electron chi connectivity index (χ2n) is 8.28. The number of ether oxygens (including phenoxy) is 2. The minimum atomic E-state index is -1.03. The van der Waals surface area contributed by atoms with E-state index < -0.39 is 18.0 Å². The SMILES string of the molecule is Cc1csc(COc2cccc([C@H](NC(=O)OCc3ccccc3)C(=O)Nc3cccc(CN)c3)c2)n1. The highest BCUT2D eigenvalue weighted by molar-refractivity contribution is 7.09. The lowest BCUT2D eigenvalue weighted by Crippen LogP contribution is -2.37. The van der Waals surface area contributed by atoms with Crippen molar-refractivity contribution in [3.63, 3.8) is 0 Å². The lowest BCUT2D eigenvalue weighted by atomic mass is 10.1. The predicted octanol–water partition coefficient (Wildman–Crippen LogP) is 5.10. The van der Waals surface area contributed by atoms with Crippen LogP contribution in [0.3, 0.4) is 0 Å². The van der Waals surface area contributed by atoms with Crippen molar-refractivity contribution in [1.82, 2.24) is 10.3 Å². The maximum atomic E-state index is 13.4. The number of thiazole rings is 1. The van der Waals surface area contributed by atoms with Gasteiger partial charge in [0, 0.05) is 23.3 Å². The number of nitrogens with one attached hydrogen (secondary N) is 2. The average molecular weight is 517 g/mol. The quantitative estimate of drug-likeness (QED) is 0.270. The van der Waals surface area contributed by atoms with E-state index in [2.05, 4.69) is 15.6 Å². The smallest absolute Gasteiger partial charge is 0.408 e. The molecule has 1 atom stereocenters. The van der Waals surface area contributed by atoms with Crippen LogP contribution in [0.2, 0.25) is 0 Å². The Morgan fingerprint density at radius 2 is 1.76 bits per heavy atom. The maximum absolute atomic E-state index is 13.4. The Balaban J connectivity index is 1.50. The summed E-state index contributed by atoms with van der Waals surface area (Å²) < 4.78 is 11.3. The summed E-state index contributed by atoms with van der Waals surface area (Å²) in [4.78, 5) is 30.4. The van der Waals surface area contributed by atoms with Gasteiger partial charge in [-0.15, -0.1) is 11.3 Å². The number of rotatable bonds is 10. The van der Waals surface area contributed by atoms with Crippen molar-refractivity contribution < 1.29 is 19.1 Å². The van der Waals surface area contributed by atoms with Gasteiger partial charge in [-0.2, -0.15) is 0 Å². The van der Waals surface area contributed by atoms with Gasteiger partial charge in [0.25, 0.3) is 5.91 Å². The second-order valence-corrected chi connectivity index (χ2v) is 9.22. The highest BCUT2D eigenvalue weighted by Gasteiger charge is 2.24. The van der Waals surface area contributed by atoms with Crippen LogP contribution >= 0.6 is 11.3 Å². The molecule has 9 heteroatoms. The number of hydrogen-bond donors (Lipinski definition) is 3. The number of hydrogen-bond acceptors (Lipinski definition) is 7. The number of alkyl carbamates (subject to hydrolysis) is 1. The molecule has 0 bridgehead atoms. The fourth-order valence-electron chi connectivity index (χ4n) is 3.57. The lowest BCUT2D eigenvalue weighted by molar-refractivity contribution is -0.118. The summed E-state index contributed by atoms with van der Waals surface area (Å²) >= 11 is 1.52. The summed E-state index contributed by atoms with van der Waals surface area (Å²) in [6.07, 6.45) is -0.718. The Morgan fingerprint density at radius 1 is 0.973 bits per heavy atom. The molecule has 4 N–H and O–H groups in total. The molecule has 2 amide bonds. The number of nitrogens with two attached hydrogens (primary N) is 1. The molecule has 4 rings (SSSR count). The largest absolute Gasteiger partial charge is 0.486 e. The number of carbonyl (C=O) groups excluding carboxylic acids is 2. The van der Waals surface area contributed by atoms with Gasteiger partial charge in [-0.25, -0.2) is 9.78 Å². The van der Waals surface area contributed by atoms with Crippen LogP contribution in [0, 0.1) is 6.92 Å². The van der Waals surface area contributed by atoms with Crippen LogP contribution in [-0.2, 0) is 29.3 Å². The van der Waals surface area contributed by atoms with E-state index >= 15 is 0 Å². The van der Waals surface area contributed by atoms with E-state index in [9.17, 15) is 9.59 Å². The normalized spacial score (nSPS) is 11.4. The molecule has 8 nitrogen and oxygen atoms in total. The van der Waals surface area contributed by atoms with Crippen molar-refractivity contribution >= 4 is 29.0 Å². The monoisotopic (exact) mass is 516 g/mol. The molecule has 0 saturated heterocycles. The summed E-state index contributed by atoms with van der Waals surface area (Å²) in [6.45, 7) is 2.65. The Labute approximate surface area is 219 Å². The predicted molar refractivity (Wildman–Crippen MR) is 143 cm³/mol. The van der Waals surface area contributed by atoms with Gasteiger partial charge in [0.05, 0.1) is 0 Å². The molecule has 0 spiro atoms. The number of amides is 2. The Morgan fingerprint density at radius 3 is 2.51 bits per heavy atom. The van der Waals surface area contributed by atoms with Gasteiger partial charge < -0.3 is 25.8 Å². The van der Waals surface area contributed by atoms with Crippen molar-refractivity contribution in [3.05, 3.63) is 112 Å². The third-order valence-corrected chi connectivity index (χ3v) is 6.33. The molecular formula is C28H28N4O4S. The molecule has 37 heavy (non-hydrogen) atoms. The van der Waals surface area contributed by atoms with Crippen molar-refractivity contribution in [2.45, 2.75) is 32.7 Å². The summed E-state index contributed by atoms with van der Waals surface area (Å²) in [5.74, 6) is 0.117. The first-order valence-corrected chi connectivity index (χ1v) is 12.6. The summed E-state index contributed by atoms with van der Waals surface area (Å²) in [5, 5.41) is 8.36. The average Bonchev–Trinajstić information content (AvgIpc) is 3.35. The third kappa shape index (κ3) is 7.63. The first-order valence-electron chi connectivity index (χ1n) is 11.7. The Kier molecular flexibility index (Phi) is 8.85. The van der Waals surface area contributed by atoms with Gasteiger partial charge in [-0.3, -0.25) is 4.79 Å². The van der Waals surface area contributed by atoms with Gasteiger partial charge in [-0.1, -0.05) is 54.6 Å². The molecule has 0 aliphatic rings. The summed E-state index contributed by atoms with van der Waals surface area (Å²) in [7, 11) is 0. The standard InChI is InChI=1S/C28H28N4O4S/c1-19-18-37-25(30-19)17-35-24-12-6-10-22(14-24)26(27(33)31-23-11-5-9-21(13-23)15-29)32-28(34)36-16-20-7-3-2-4-8-20/h2-14,18,26H,15-17,29H2,1H3,(H,31,33)(H,32,34)/t26-/m0/s1. The topological polar surface area (TPSA) is 116 Å². The zero-order valence-corrected chi connectivity index (χ0v) is 21.2. The van der Waals surface area contributed by atoms with Crippen LogP contribution < -0.4 is 21.1 Å². The summed E-state index contributed by atoms with van der Waals surface area (Å²) in [6, 6.07) is 22.5. The highest BCUT2D eigenvalue weighted by Crippen LogP contribution is 2.23. The molecule has 3 aromatic carbocycles. The Hall–Kier alpha value is -4.21. The van der Waals surface area contributed by atoms with E-state index in [0.717, 1.165) is 21.8 Å². The minimum Gasteiger partial charge on any atom is -0.486 e. The molecule has 0 aliphatic heterocycles. The van der Waals surface area contributed by atoms with E-state index in [1.54, 1.807) is 36.4 Å². The maximum Gasteiger partial charge on any atom is 0.408 e. The number of anilines is 1. The van der Waals surface area contributed by atoms with Crippen molar-refractivity contribution in [2.24, 2.45) is 5.73 Å². The molecule has 1 heterocycles. The second kappa shape index (κ2) is 12.7. The zero-order valence-electron chi connectivity index (χ0n) is 20.3. The van der Waals surface area contributed by atoms with Gasteiger partial charge in [0.15, 0.2) is 0 Å². The molecule has 190 valence electrons. The van der Waals surface area contributed by atoms with Crippen LogP contribution in [0.1, 0.15) is 33.4 Å². The third-order valence-electron chi connectivity index (χ3n) is 5.39. The van der Waals surface area contributed by atoms with E-state index in [4.69, 9.17) is 15.2 Å². The fourth-order valence-corrected chi connectivity index (χ4v) is 4.25. The molecular weight excluding hydrogens is 488 g/mol. The number of aromatic nitrogens is 1. The van der Waals surface area contributed by atoms with E-state index in [1.807, 2.05) is 54.8 Å². The van der Waals surface area contributed by atoms with Crippen molar-refractivity contribution in [1.29, 1.82) is 0 Å². The molecule has 4 aromatic rings. The van der Waals surface area contributed by atoms with Crippen LogP contribution in [0.4, 0.5) is 10.5 Å². The number of benzene rings is 3. The van der Waals surface area contributed by atoms with E-state index in [0.29, 0.717) is 30.2 Å². The van der Waals surface area contributed by atoms with E-state index in [-0.39, 0.29) is 6.61 Å². The van der Waals surface area contributed by atoms with Gasteiger partial charge in [-0.05, 0) is 47.9 Å². The molecule has 0 unspecified atom stereocenters. The van der Waals surface area contributed by atoms with Gasteiger partial charge >= 0.3 is 6.09 Å². The highest BCUT2D eigenvalue weighted by atomic mass is 32.1. The van der Waals surface area contributed by atoms with Crippen molar-refractivity contribution in [3.8, 4) is 5.75 Å². The molecule has 0 radical (unpaired) electrons. The number of carbonyl (C=O) groups is 2. The van der Waals surface area contributed by atoms with Crippen LogP contribution in [-0.4, -0.2) is 17.0 Å². The molecule has 0 fully saturated rings. The van der Waals surface area contributed by atoms with Crippen molar-refractivity contribution in [2.75, 3.05) is 5.32 Å². The minimum absolute atomic E-state index is 0.0793. The molecule has 0 aliphatic carbocycles. The number of nitrogens with zero attached hydrogens (tertiary/aromatic N) is 1. The number of aryl methyl sites for hydroxylation is 1. The summed E-state index contributed by atoms with van der Waals surface area (Å²) in [5.41, 5.74) is 9.49. The first kappa shape index (κ1) is 25.9. The fraction of sp³-hybridized carbons (Fsp3) is 0.179. The van der Waals surface area contributed by atoms with E-state index in [1.165, 1.54) is 11.3 Å².